The van der Waals surface area contributed by atoms with E-state index in [1.165, 1.54) is 7.11 Å². The maximum Gasteiger partial charge on any atom is 0.409 e. The van der Waals surface area contributed by atoms with Crippen molar-refractivity contribution in [1.29, 1.82) is 0 Å². The average molecular weight is 351 g/mol. The van der Waals surface area contributed by atoms with Gasteiger partial charge < -0.3 is 24.4 Å². The monoisotopic (exact) mass is 351 g/mol. The predicted octanol–water partition coefficient (Wildman–Crippen LogP) is 0.574. The predicted molar refractivity (Wildman–Crippen MR) is 91.9 cm³/mol. The van der Waals surface area contributed by atoms with Crippen LogP contribution in [0.15, 0.2) is 24.3 Å². The van der Waals surface area contributed by atoms with E-state index in [0.717, 1.165) is 19.6 Å². The Morgan fingerprint density at radius 3 is 2.52 bits per heavy atom. The number of hydrogen-bond donors (Lipinski definition) is 1. The maximum absolute atomic E-state index is 11.8. The molecule has 1 aromatic carbocycles. The lowest BCUT2D eigenvalue weighted by Crippen LogP contribution is -2.50. The molecule has 0 saturated carbocycles. The van der Waals surface area contributed by atoms with Crippen LogP contribution in [0.4, 0.5) is 4.79 Å². The van der Waals surface area contributed by atoms with Crippen LogP contribution >= 0.6 is 0 Å². The first-order valence-corrected chi connectivity index (χ1v) is 8.21. The number of hydrogen-bond acceptors (Lipinski definition) is 6. The molecule has 0 aromatic heterocycles. The van der Waals surface area contributed by atoms with Crippen LogP contribution in [-0.2, 0) is 9.53 Å². The van der Waals surface area contributed by atoms with Crippen molar-refractivity contribution in [2.45, 2.75) is 0 Å². The highest BCUT2D eigenvalue weighted by Gasteiger charge is 2.21. The fourth-order valence-corrected chi connectivity index (χ4v) is 2.53. The van der Waals surface area contributed by atoms with Gasteiger partial charge in [-0.1, -0.05) is 6.07 Å². The van der Waals surface area contributed by atoms with E-state index in [0.29, 0.717) is 31.1 Å². The Morgan fingerprint density at radius 2 is 1.84 bits per heavy atom. The van der Waals surface area contributed by atoms with Crippen molar-refractivity contribution in [3.05, 3.63) is 24.3 Å². The number of amides is 2. The van der Waals surface area contributed by atoms with Gasteiger partial charge in [0.25, 0.3) is 5.91 Å². The molecule has 8 heteroatoms. The molecule has 0 radical (unpaired) electrons. The third-order valence-corrected chi connectivity index (χ3v) is 3.97. The number of benzene rings is 1. The molecular weight excluding hydrogens is 326 g/mol. The van der Waals surface area contributed by atoms with Gasteiger partial charge in [0.1, 0.15) is 11.5 Å². The molecule has 1 heterocycles. The van der Waals surface area contributed by atoms with Crippen LogP contribution in [0.25, 0.3) is 0 Å². The van der Waals surface area contributed by atoms with Gasteiger partial charge in [-0.05, 0) is 12.1 Å². The largest absolute Gasteiger partial charge is 0.497 e. The summed E-state index contributed by atoms with van der Waals surface area (Å²) in [7, 11) is 2.97. The smallest absolute Gasteiger partial charge is 0.409 e. The Bertz CT molecular complexity index is 573. The van der Waals surface area contributed by atoms with Gasteiger partial charge in [0.05, 0.1) is 14.2 Å². The lowest BCUT2D eigenvalue weighted by atomic mass is 10.3. The number of methoxy groups -OCH3 is 2. The minimum Gasteiger partial charge on any atom is -0.497 e. The lowest BCUT2D eigenvalue weighted by molar-refractivity contribution is -0.123. The number of carbonyl (C=O) groups excluding carboxylic acids is 2. The van der Waals surface area contributed by atoms with E-state index in [9.17, 15) is 9.59 Å². The van der Waals surface area contributed by atoms with Crippen LogP contribution in [0, 0.1) is 0 Å². The molecule has 2 amide bonds. The van der Waals surface area contributed by atoms with E-state index in [-0.39, 0.29) is 18.6 Å². The quantitative estimate of drug-likeness (QED) is 0.774. The molecule has 1 aliphatic heterocycles. The van der Waals surface area contributed by atoms with Crippen molar-refractivity contribution in [1.82, 2.24) is 15.1 Å². The van der Waals surface area contributed by atoms with Crippen molar-refractivity contribution >= 4 is 12.0 Å². The highest BCUT2D eigenvalue weighted by Crippen LogP contribution is 2.18. The highest BCUT2D eigenvalue weighted by molar-refractivity contribution is 5.77. The molecule has 25 heavy (non-hydrogen) atoms. The molecule has 1 fully saturated rings. The van der Waals surface area contributed by atoms with Gasteiger partial charge in [0.15, 0.2) is 6.61 Å². The molecular formula is C17H25N3O5. The zero-order valence-electron chi connectivity index (χ0n) is 14.7. The van der Waals surface area contributed by atoms with Crippen molar-refractivity contribution in [3.8, 4) is 11.5 Å². The normalized spacial score (nSPS) is 14.7. The third-order valence-electron chi connectivity index (χ3n) is 3.97. The molecule has 1 saturated heterocycles. The van der Waals surface area contributed by atoms with Crippen molar-refractivity contribution in [2.75, 3.05) is 60.1 Å². The standard InChI is InChI=1S/C17H25N3O5/c1-23-14-4-3-5-15(12-14)25-13-16(21)18-6-7-19-8-10-20(11-9-19)17(22)24-2/h3-5,12H,6-11,13H2,1-2H3,(H,18,21). The van der Waals surface area contributed by atoms with Gasteiger partial charge in [-0.2, -0.15) is 0 Å². The molecule has 1 N–H and O–H groups in total. The summed E-state index contributed by atoms with van der Waals surface area (Å²) < 4.78 is 15.3. The summed E-state index contributed by atoms with van der Waals surface area (Å²) >= 11 is 0. The molecule has 0 bridgehead atoms. The molecule has 138 valence electrons. The zero-order chi connectivity index (χ0) is 18.1. The molecule has 8 nitrogen and oxygen atoms in total. The second kappa shape index (κ2) is 9.73. The van der Waals surface area contributed by atoms with Gasteiger partial charge in [0, 0.05) is 45.3 Å². The van der Waals surface area contributed by atoms with Gasteiger partial charge in [-0.15, -0.1) is 0 Å². The van der Waals surface area contributed by atoms with Crippen LogP contribution in [0.1, 0.15) is 0 Å². The van der Waals surface area contributed by atoms with E-state index in [4.69, 9.17) is 14.2 Å². The second-order valence-corrected chi connectivity index (χ2v) is 5.62. The third kappa shape index (κ3) is 6.15. The Hall–Kier alpha value is -2.48. The minimum absolute atomic E-state index is 0.0384. The number of rotatable bonds is 7. The maximum atomic E-state index is 11.8. The summed E-state index contributed by atoms with van der Waals surface area (Å²) in [4.78, 5) is 27.1. The fourth-order valence-electron chi connectivity index (χ4n) is 2.53. The van der Waals surface area contributed by atoms with E-state index in [2.05, 4.69) is 10.2 Å². The van der Waals surface area contributed by atoms with Gasteiger partial charge in [0.2, 0.25) is 0 Å². The summed E-state index contributed by atoms with van der Waals surface area (Å²) in [6, 6.07) is 7.12. The van der Waals surface area contributed by atoms with Crippen molar-refractivity contribution in [2.24, 2.45) is 0 Å². The summed E-state index contributed by atoms with van der Waals surface area (Å²) in [6.45, 7) is 4.05. The topological polar surface area (TPSA) is 80.3 Å². The van der Waals surface area contributed by atoms with Gasteiger partial charge in [-0.25, -0.2) is 4.79 Å². The number of carbonyl (C=O) groups is 2. The van der Waals surface area contributed by atoms with Crippen LogP contribution in [0.5, 0.6) is 11.5 Å². The SMILES string of the molecule is COC(=O)N1CCN(CCNC(=O)COc2cccc(OC)c2)CC1. The summed E-state index contributed by atoms with van der Waals surface area (Å²) in [5.74, 6) is 1.11. The summed E-state index contributed by atoms with van der Waals surface area (Å²) in [5, 5.41) is 2.83. The van der Waals surface area contributed by atoms with Crippen LogP contribution < -0.4 is 14.8 Å². The molecule has 0 atom stereocenters. The van der Waals surface area contributed by atoms with Gasteiger partial charge >= 0.3 is 6.09 Å². The molecule has 1 aromatic rings. The first kappa shape index (κ1) is 18.9. The Kier molecular flexibility index (Phi) is 7.34. The van der Waals surface area contributed by atoms with E-state index < -0.39 is 0 Å². The first-order valence-electron chi connectivity index (χ1n) is 8.21. The Morgan fingerprint density at radius 1 is 1.12 bits per heavy atom. The van der Waals surface area contributed by atoms with E-state index >= 15 is 0 Å². The Balaban J connectivity index is 1.60. The van der Waals surface area contributed by atoms with E-state index in [1.54, 1.807) is 30.2 Å². The van der Waals surface area contributed by atoms with E-state index in [1.807, 2.05) is 6.07 Å². The number of piperazine rings is 1. The molecule has 0 aliphatic carbocycles. The number of nitrogens with zero attached hydrogens (tertiary/aromatic N) is 2. The molecule has 0 unspecified atom stereocenters. The fraction of sp³-hybridized carbons (Fsp3) is 0.529. The zero-order valence-corrected chi connectivity index (χ0v) is 14.7. The first-order chi connectivity index (χ1) is 12.1. The lowest BCUT2D eigenvalue weighted by Gasteiger charge is -2.33. The Labute approximate surface area is 147 Å². The van der Waals surface area contributed by atoms with Crippen LogP contribution in [-0.4, -0.2) is 81.9 Å². The second-order valence-electron chi connectivity index (χ2n) is 5.62. The van der Waals surface area contributed by atoms with Crippen LogP contribution in [0.3, 0.4) is 0 Å². The highest BCUT2D eigenvalue weighted by atomic mass is 16.5. The number of ether oxygens (including phenoxy) is 3. The molecule has 2 rings (SSSR count). The summed E-state index contributed by atoms with van der Waals surface area (Å²) in [6.07, 6.45) is -0.289. The average Bonchev–Trinajstić information content (AvgIpc) is 2.66. The van der Waals surface area contributed by atoms with Crippen LogP contribution in [0.2, 0.25) is 0 Å². The van der Waals surface area contributed by atoms with Crippen molar-refractivity contribution in [3.63, 3.8) is 0 Å². The van der Waals surface area contributed by atoms with Crippen molar-refractivity contribution < 1.29 is 23.8 Å². The molecule has 1 aliphatic rings. The molecule has 0 spiro atoms. The number of nitrogens with one attached hydrogen (secondary N) is 1. The van der Waals surface area contributed by atoms with Gasteiger partial charge in [-0.3, -0.25) is 9.69 Å². The minimum atomic E-state index is -0.289. The summed E-state index contributed by atoms with van der Waals surface area (Å²) in [5.41, 5.74) is 0.